The lowest BCUT2D eigenvalue weighted by molar-refractivity contribution is -0.143. The number of rotatable bonds is 56. The molecule has 0 bridgehead atoms. The minimum atomic E-state index is -0.863. The second-order valence-electron chi connectivity index (χ2n) is 20.7. The normalized spacial score (nSPS) is 12.7. The Labute approximate surface area is 418 Å². The average molecular weight is 945 g/mol. The maximum absolute atomic E-state index is 12.5. The molecular weight excluding hydrogens is 827 g/mol. The minimum Gasteiger partial charge on any atom is -0.466 e. The van der Waals surface area contributed by atoms with Crippen LogP contribution in [0.15, 0.2) is 24.3 Å². The van der Waals surface area contributed by atoms with Gasteiger partial charge in [0.1, 0.15) is 0 Å². The number of allylic oxidation sites excluding steroid dienone is 3. The van der Waals surface area contributed by atoms with Crippen molar-refractivity contribution in [2.24, 2.45) is 0 Å². The highest BCUT2D eigenvalue weighted by Gasteiger charge is 2.18. The zero-order chi connectivity index (χ0) is 48.6. The van der Waals surface area contributed by atoms with Gasteiger partial charge in [0.05, 0.1) is 25.4 Å². The van der Waals surface area contributed by atoms with Crippen LogP contribution in [0.2, 0.25) is 0 Å². The molecule has 0 aromatic rings. The first-order valence-electron chi connectivity index (χ1n) is 30.1. The molecule has 6 heteroatoms. The van der Waals surface area contributed by atoms with Gasteiger partial charge in [0.2, 0.25) is 5.91 Å². The van der Waals surface area contributed by atoms with E-state index in [1.165, 1.54) is 218 Å². The number of amides is 1. The molecule has 6 nitrogen and oxygen atoms in total. The summed E-state index contributed by atoms with van der Waals surface area (Å²) in [6, 6.07) is -0.649. The van der Waals surface area contributed by atoms with Gasteiger partial charge >= 0.3 is 5.97 Å². The second kappa shape index (κ2) is 56.9. The third kappa shape index (κ3) is 53.5. The van der Waals surface area contributed by atoms with Gasteiger partial charge in [0, 0.05) is 12.8 Å². The fourth-order valence-corrected chi connectivity index (χ4v) is 9.34. The monoisotopic (exact) mass is 944 g/mol. The van der Waals surface area contributed by atoms with Crippen LogP contribution in [0.1, 0.15) is 328 Å². The zero-order valence-electron chi connectivity index (χ0n) is 45.1. The van der Waals surface area contributed by atoms with Crippen molar-refractivity contribution in [3.05, 3.63) is 24.3 Å². The Bertz CT molecular complexity index is 1040. The third-order valence-electron chi connectivity index (χ3n) is 14.0. The molecule has 396 valence electrons. The molecule has 0 rings (SSSR count). The Kier molecular flexibility index (Phi) is 55.5. The summed E-state index contributed by atoms with van der Waals surface area (Å²) in [5.74, 6) is -0.122. The van der Waals surface area contributed by atoms with E-state index in [0.29, 0.717) is 19.4 Å². The zero-order valence-corrected chi connectivity index (χ0v) is 45.1. The Morgan fingerprint density at radius 3 is 1.06 bits per heavy atom. The van der Waals surface area contributed by atoms with Crippen LogP contribution < -0.4 is 5.32 Å². The van der Waals surface area contributed by atoms with Crippen LogP contribution in [0, 0.1) is 0 Å². The van der Waals surface area contributed by atoms with Gasteiger partial charge in [-0.25, -0.2) is 0 Å². The summed E-state index contributed by atoms with van der Waals surface area (Å²) in [6.45, 7) is 4.85. The Hall–Kier alpha value is -1.66. The van der Waals surface area contributed by atoms with Gasteiger partial charge in [-0.1, -0.05) is 282 Å². The van der Waals surface area contributed by atoms with Crippen molar-refractivity contribution in [3.8, 4) is 0 Å². The molecule has 0 heterocycles. The standard InChI is InChI=1S/C61H117NO5/c1-3-5-7-9-11-13-15-17-19-21-22-23-24-25-26-27-28-30-33-37-41-45-49-53-59(64)58(57-63)62-60(65)54-50-46-42-38-34-32-36-40-44-48-52-56-67-61(66)55-51-47-43-39-35-31-29-20-18-16-14-12-10-8-6-4-2/h36,40,49,53,58-59,63-64H,3-35,37-39,41-48,50-52,54-57H2,1-2H3,(H,62,65)/b40-36-,53-49+. The summed E-state index contributed by atoms with van der Waals surface area (Å²) in [5.41, 5.74) is 0. The Balaban J connectivity index is 3.52. The van der Waals surface area contributed by atoms with Crippen LogP contribution in [-0.4, -0.2) is 47.4 Å². The van der Waals surface area contributed by atoms with E-state index in [2.05, 4.69) is 31.3 Å². The first-order chi connectivity index (χ1) is 33.0. The van der Waals surface area contributed by atoms with E-state index in [1.807, 2.05) is 6.08 Å². The summed E-state index contributed by atoms with van der Waals surface area (Å²) in [6.07, 6.45) is 69.3. The molecule has 0 fully saturated rings. The summed E-state index contributed by atoms with van der Waals surface area (Å²) in [7, 11) is 0. The van der Waals surface area contributed by atoms with Gasteiger partial charge in [0.25, 0.3) is 0 Å². The first-order valence-corrected chi connectivity index (χ1v) is 30.1. The maximum Gasteiger partial charge on any atom is 0.305 e. The molecular formula is C61H117NO5. The molecule has 1 amide bonds. The molecule has 0 radical (unpaired) electrons. The second-order valence-corrected chi connectivity index (χ2v) is 20.7. The van der Waals surface area contributed by atoms with E-state index < -0.39 is 12.1 Å². The molecule has 2 unspecified atom stereocenters. The van der Waals surface area contributed by atoms with E-state index in [-0.39, 0.29) is 18.5 Å². The van der Waals surface area contributed by atoms with E-state index in [0.717, 1.165) is 83.5 Å². The van der Waals surface area contributed by atoms with Gasteiger partial charge in [0.15, 0.2) is 0 Å². The lowest BCUT2D eigenvalue weighted by Gasteiger charge is -2.20. The fourth-order valence-electron chi connectivity index (χ4n) is 9.34. The Morgan fingerprint density at radius 1 is 0.403 bits per heavy atom. The van der Waals surface area contributed by atoms with Crippen molar-refractivity contribution in [1.29, 1.82) is 0 Å². The van der Waals surface area contributed by atoms with Gasteiger partial charge in [-0.2, -0.15) is 0 Å². The highest BCUT2D eigenvalue weighted by atomic mass is 16.5. The summed E-state index contributed by atoms with van der Waals surface area (Å²) < 4.78 is 5.45. The van der Waals surface area contributed by atoms with Gasteiger partial charge in [-0.15, -0.1) is 0 Å². The number of carbonyl (C=O) groups is 2. The summed E-state index contributed by atoms with van der Waals surface area (Å²) in [5, 5.41) is 23.2. The summed E-state index contributed by atoms with van der Waals surface area (Å²) in [4.78, 5) is 24.5. The van der Waals surface area contributed by atoms with Gasteiger partial charge in [-0.05, 0) is 57.8 Å². The van der Waals surface area contributed by atoms with Crippen LogP contribution in [0.4, 0.5) is 0 Å². The molecule has 0 aliphatic carbocycles. The predicted molar refractivity (Wildman–Crippen MR) is 292 cm³/mol. The van der Waals surface area contributed by atoms with Crippen LogP contribution in [0.3, 0.4) is 0 Å². The first kappa shape index (κ1) is 65.3. The third-order valence-corrected chi connectivity index (χ3v) is 14.0. The average Bonchev–Trinajstić information content (AvgIpc) is 3.33. The van der Waals surface area contributed by atoms with Crippen molar-refractivity contribution >= 4 is 11.9 Å². The SMILES string of the molecule is CCCCCCCCCCCCCCCCCCCCCCC/C=C/C(O)C(CO)NC(=O)CCCCCCC/C=C\CCCCOC(=O)CCCCCCCCCCCCCCCCCC. The molecule has 0 aliphatic rings. The molecule has 0 aliphatic heterocycles. The molecule has 0 spiro atoms. The number of unbranched alkanes of at least 4 members (excludes halogenated alkanes) is 43. The maximum atomic E-state index is 12.5. The molecule has 0 saturated carbocycles. The highest BCUT2D eigenvalue weighted by molar-refractivity contribution is 5.76. The number of ether oxygens (including phenoxy) is 1. The smallest absolute Gasteiger partial charge is 0.305 e. The van der Waals surface area contributed by atoms with Crippen molar-refractivity contribution in [1.82, 2.24) is 5.32 Å². The topological polar surface area (TPSA) is 95.9 Å². The number of nitrogens with one attached hydrogen (secondary N) is 1. The van der Waals surface area contributed by atoms with Crippen LogP contribution in [0.25, 0.3) is 0 Å². The number of aliphatic hydroxyl groups is 2. The number of hydrogen-bond donors (Lipinski definition) is 3. The Morgan fingerprint density at radius 2 is 0.701 bits per heavy atom. The van der Waals surface area contributed by atoms with Crippen LogP contribution in [-0.2, 0) is 14.3 Å². The van der Waals surface area contributed by atoms with E-state index >= 15 is 0 Å². The van der Waals surface area contributed by atoms with Gasteiger partial charge < -0.3 is 20.3 Å². The van der Waals surface area contributed by atoms with Crippen LogP contribution >= 0.6 is 0 Å². The largest absolute Gasteiger partial charge is 0.466 e. The highest BCUT2D eigenvalue weighted by Crippen LogP contribution is 2.17. The molecule has 0 saturated heterocycles. The quantitative estimate of drug-likeness (QED) is 0.0321. The lowest BCUT2D eigenvalue weighted by Crippen LogP contribution is -2.45. The molecule has 67 heavy (non-hydrogen) atoms. The van der Waals surface area contributed by atoms with Crippen molar-refractivity contribution < 1.29 is 24.5 Å². The lowest BCUT2D eigenvalue weighted by atomic mass is 10.0. The number of aliphatic hydroxyl groups excluding tert-OH is 2. The molecule has 0 aromatic heterocycles. The molecule has 3 N–H and O–H groups in total. The van der Waals surface area contributed by atoms with E-state index in [9.17, 15) is 19.8 Å². The molecule has 0 aromatic carbocycles. The number of carbonyl (C=O) groups excluding carboxylic acids is 2. The fraction of sp³-hybridized carbons (Fsp3) is 0.902. The summed E-state index contributed by atoms with van der Waals surface area (Å²) >= 11 is 0. The van der Waals surface area contributed by atoms with Crippen molar-refractivity contribution in [2.45, 2.75) is 341 Å². The van der Waals surface area contributed by atoms with E-state index in [4.69, 9.17) is 4.74 Å². The minimum absolute atomic E-state index is 0.0288. The number of esters is 1. The van der Waals surface area contributed by atoms with Crippen molar-refractivity contribution in [3.63, 3.8) is 0 Å². The molecule has 2 atom stereocenters. The van der Waals surface area contributed by atoms with E-state index in [1.54, 1.807) is 6.08 Å². The van der Waals surface area contributed by atoms with Crippen LogP contribution in [0.5, 0.6) is 0 Å². The van der Waals surface area contributed by atoms with Crippen molar-refractivity contribution in [2.75, 3.05) is 13.2 Å². The van der Waals surface area contributed by atoms with Gasteiger partial charge in [-0.3, -0.25) is 9.59 Å². The number of hydrogen-bond acceptors (Lipinski definition) is 5. The predicted octanol–water partition coefficient (Wildman–Crippen LogP) is 18.6.